The standard InChI is InChI=1S/C10H12O2S/c1-2-9(10(11)12)7-4-3-5-8(13)6-7/h3-6,9,13H,2H2,1H3,(H,11,12). The lowest BCUT2D eigenvalue weighted by Crippen LogP contribution is -2.10. The van der Waals surface area contributed by atoms with Crippen LogP contribution in [0, 0.1) is 0 Å². The molecule has 0 amide bonds. The minimum absolute atomic E-state index is 0.410. The number of aliphatic carboxylic acids is 1. The van der Waals surface area contributed by atoms with Crippen molar-refractivity contribution in [3.63, 3.8) is 0 Å². The molecule has 1 N–H and O–H groups in total. The molecule has 0 saturated carbocycles. The van der Waals surface area contributed by atoms with Crippen LogP contribution in [-0.4, -0.2) is 11.1 Å². The molecular weight excluding hydrogens is 184 g/mol. The molecule has 1 unspecified atom stereocenters. The van der Waals surface area contributed by atoms with Gasteiger partial charge in [0.25, 0.3) is 0 Å². The highest BCUT2D eigenvalue weighted by Crippen LogP contribution is 2.21. The van der Waals surface area contributed by atoms with Gasteiger partial charge in [0.1, 0.15) is 0 Å². The van der Waals surface area contributed by atoms with E-state index in [0.29, 0.717) is 6.42 Å². The van der Waals surface area contributed by atoms with Crippen LogP contribution in [0.5, 0.6) is 0 Å². The first-order valence-corrected chi connectivity index (χ1v) is 4.61. The highest BCUT2D eigenvalue weighted by Gasteiger charge is 2.16. The van der Waals surface area contributed by atoms with Crippen molar-refractivity contribution in [2.24, 2.45) is 0 Å². The van der Waals surface area contributed by atoms with Crippen molar-refractivity contribution in [1.82, 2.24) is 0 Å². The van der Waals surface area contributed by atoms with Gasteiger partial charge < -0.3 is 5.11 Å². The van der Waals surface area contributed by atoms with Crippen molar-refractivity contribution in [2.75, 3.05) is 0 Å². The van der Waals surface area contributed by atoms with Crippen LogP contribution in [0.4, 0.5) is 0 Å². The maximum Gasteiger partial charge on any atom is 0.310 e. The van der Waals surface area contributed by atoms with Crippen molar-refractivity contribution < 1.29 is 9.90 Å². The van der Waals surface area contributed by atoms with E-state index in [9.17, 15) is 4.79 Å². The number of carbonyl (C=O) groups is 1. The van der Waals surface area contributed by atoms with Crippen LogP contribution in [0.1, 0.15) is 24.8 Å². The van der Waals surface area contributed by atoms with Crippen LogP contribution >= 0.6 is 12.6 Å². The fourth-order valence-electron chi connectivity index (χ4n) is 1.29. The monoisotopic (exact) mass is 196 g/mol. The first-order valence-electron chi connectivity index (χ1n) is 4.17. The Balaban J connectivity index is 2.98. The molecule has 70 valence electrons. The summed E-state index contributed by atoms with van der Waals surface area (Å²) in [6, 6.07) is 7.28. The quantitative estimate of drug-likeness (QED) is 0.729. The summed E-state index contributed by atoms with van der Waals surface area (Å²) >= 11 is 4.16. The molecule has 0 fully saturated rings. The first kappa shape index (κ1) is 10.1. The summed E-state index contributed by atoms with van der Waals surface area (Å²) in [7, 11) is 0. The van der Waals surface area contributed by atoms with Crippen LogP contribution in [-0.2, 0) is 4.79 Å². The summed E-state index contributed by atoms with van der Waals surface area (Å²) < 4.78 is 0. The minimum Gasteiger partial charge on any atom is -0.481 e. The van der Waals surface area contributed by atoms with Gasteiger partial charge in [-0.05, 0) is 24.1 Å². The predicted octanol–water partition coefficient (Wildman–Crippen LogP) is 2.55. The second kappa shape index (κ2) is 4.33. The van der Waals surface area contributed by atoms with E-state index >= 15 is 0 Å². The van der Waals surface area contributed by atoms with Crippen molar-refractivity contribution in [2.45, 2.75) is 24.2 Å². The lowest BCUT2D eigenvalue weighted by Gasteiger charge is -2.09. The molecule has 0 saturated heterocycles. The summed E-state index contributed by atoms with van der Waals surface area (Å²) in [6.07, 6.45) is 0.604. The van der Waals surface area contributed by atoms with Crippen LogP contribution in [0.15, 0.2) is 29.2 Å². The molecule has 1 aromatic rings. The molecule has 1 atom stereocenters. The average Bonchev–Trinajstić information content (AvgIpc) is 2.04. The zero-order valence-corrected chi connectivity index (χ0v) is 8.29. The van der Waals surface area contributed by atoms with E-state index in [1.54, 1.807) is 6.07 Å². The molecule has 0 aromatic heterocycles. The SMILES string of the molecule is CCC(C(=O)O)c1cccc(S)c1. The Labute approximate surface area is 83.0 Å². The molecule has 2 nitrogen and oxygen atoms in total. The Morgan fingerprint density at radius 2 is 2.31 bits per heavy atom. The molecule has 0 aliphatic rings. The van der Waals surface area contributed by atoms with Gasteiger partial charge in [-0.1, -0.05) is 19.1 Å². The fraction of sp³-hybridized carbons (Fsp3) is 0.300. The van der Waals surface area contributed by atoms with Crippen LogP contribution < -0.4 is 0 Å². The molecular formula is C10H12O2S. The smallest absolute Gasteiger partial charge is 0.310 e. The van der Waals surface area contributed by atoms with Gasteiger partial charge in [0.2, 0.25) is 0 Å². The van der Waals surface area contributed by atoms with Crippen molar-refractivity contribution in [3.05, 3.63) is 29.8 Å². The molecule has 0 aliphatic carbocycles. The fourth-order valence-corrected chi connectivity index (χ4v) is 1.53. The molecule has 0 spiro atoms. The maximum atomic E-state index is 10.8. The van der Waals surface area contributed by atoms with Gasteiger partial charge in [-0.3, -0.25) is 4.79 Å². The van der Waals surface area contributed by atoms with Crippen molar-refractivity contribution >= 4 is 18.6 Å². The number of thiol groups is 1. The van der Waals surface area contributed by atoms with E-state index in [0.717, 1.165) is 10.5 Å². The second-order valence-corrected chi connectivity index (χ2v) is 3.41. The van der Waals surface area contributed by atoms with Gasteiger partial charge in [0.15, 0.2) is 0 Å². The number of hydrogen-bond donors (Lipinski definition) is 2. The van der Waals surface area contributed by atoms with Crippen molar-refractivity contribution in [1.29, 1.82) is 0 Å². The molecule has 0 radical (unpaired) electrons. The van der Waals surface area contributed by atoms with Crippen LogP contribution in [0.25, 0.3) is 0 Å². The van der Waals surface area contributed by atoms with Gasteiger partial charge in [0.05, 0.1) is 5.92 Å². The molecule has 0 heterocycles. The van der Waals surface area contributed by atoms with Gasteiger partial charge in [-0.25, -0.2) is 0 Å². The Bertz CT molecular complexity index is 310. The number of rotatable bonds is 3. The minimum atomic E-state index is -0.776. The topological polar surface area (TPSA) is 37.3 Å². The average molecular weight is 196 g/mol. The van der Waals surface area contributed by atoms with Gasteiger partial charge >= 0.3 is 5.97 Å². The normalized spacial score (nSPS) is 12.5. The van der Waals surface area contributed by atoms with Crippen LogP contribution in [0.2, 0.25) is 0 Å². The third kappa shape index (κ3) is 2.49. The Morgan fingerprint density at radius 3 is 2.77 bits per heavy atom. The number of carboxylic acid groups (broad SMARTS) is 1. The van der Waals surface area contributed by atoms with Crippen LogP contribution in [0.3, 0.4) is 0 Å². The summed E-state index contributed by atoms with van der Waals surface area (Å²) in [6.45, 7) is 1.87. The third-order valence-corrected chi connectivity index (χ3v) is 2.26. The Morgan fingerprint density at radius 1 is 1.62 bits per heavy atom. The Hall–Kier alpha value is -0.960. The first-order chi connectivity index (χ1) is 6.15. The second-order valence-electron chi connectivity index (χ2n) is 2.89. The molecule has 13 heavy (non-hydrogen) atoms. The van der Waals surface area contributed by atoms with E-state index in [1.807, 2.05) is 25.1 Å². The zero-order chi connectivity index (χ0) is 9.84. The predicted molar refractivity (Wildman–Crippen MR) is 54.4 cm³/mol. The molecule has 3 heteroatoms. The largest absolute Gasteiger partial charge is 0.481 e. The molecule has 0 aliphatic heterocycles. The zero-order valence-electron chi connectivity index (χ0n) is 7.40. The van der Waals surface area contributed by atoms with E-state index in [-0.39, 0.29) is 0 Å². The number of benzene rings is 1. The van der Waals surface area contributed by atoms with E-state index in [2.05, 4.69) is 12.6 Å². The number of carboxylic acids is 1. The lowest BCUT2D eigenvalue weighted by molar-refractivity contribution is -0.138. The molecule has 0 bridgehead atoms. The van der Waals surface area contributed by atoms with Gasteiger partial charge in [-0.2, -0.15) is 0 Å². The highest BCUT2D eigenvalue weighted by molar-refractivity contribution is 7.80. The summed E-state index contributed by atoms with van der Waals surface area (Å²) in [5.41, 5.74) is 0.822. The lowest BCUT2D eigenvalue weighted by atomic mass is 9.97. The maximum absolute atomic E-state index is 10.8. The molecule has 1 rings (SSSR count). The Kier molecular flexibility index (Phi) is 3.37. The van der Waals surface area contributed by atoms with E-state index in [4.69, 9.17) is 5.11 Å². The number of hydrogen-bond acceptors (Lipinski definition) is 2. The summed E-state index contributed by atoms with van der Waals surface area (Å²) in [4.78, 5) is 11.6. The van der Waals surface area contributed by atoms with Gasteiger partial charge in [0, 0.05) is 4.90 Å². The third-order valence-electron chi connectivity index (χ3n) is 1.98. The summed E-state index contributed by atoms with van der Waals surface area (Å²) in [5.74, 6) is -1.19. The van der Waals surface area contributed by atoms with E-state index in [1.165, 1.54) is 0 Å². The molecule has 1 aromatic carbocycles. The van der Waals surface area contributed by atoms with E-state index < -0.39 is 11.9 Å². The van der Waals surface area contributed by atoms with Gasteiger partial charge in [-0.15, -0.1) is 12.6 Å². The highest BCUT2D eigenvalue weighted by atomic mass is 32.1. The van der Waals surface area contributed by atoms with Crippen molar-refractivity contribution in [3.8, 4) is 0 Å². The summed E-state index contributed by atoms with van der Waals surface area (Å²) in [5, 5.41) is 8.89.